The zero-order valence-corrected chi connectivity index (χ0v) is 11.0. The minimum absolute atomic E-state index is 0.0966. The normalized spacial score (nSPS) is 16.8. The predicted molar refractivity (Wildman–Crippen MR) is 70.8 cm³/mol. The van der Waals surface area contributed by atoms with Crippen molar-refractivity contribution in [2.45, 2.75) is 31.7 Å². The van der Waals surface area contributed by atoms with E-state index in [9.17, 15) is 4.79 Å². The molecule has 1 aromatic carbocycles. The first-order valence-corrected chi connectivity index (χ1v) is 6.27. The Kier molecular flexibility index (Phi) is 3.57. The van der Waals surface area contributed by atoms with Gasteiger partial charge in [0, 0.05) is 6.54 Å². The van der Waals surface area contributed by atoms with Gasteiger partial charge in [-0.3, -0.25) is 4.79 Å². The molecule has 18 heavy (non-hydrogen) atoms. The smallest absolute Gasteiger partial charge is 0.255 e. The van der Waals surface area contributed by atoms with Crippen LogP contribution in [0, 0.1) is 6.92 Å². The minimum Gasteiger partial charge on any atom is -0.496 e. The maximum atomic E-state index is 12.3. The van der Waals surface area contributed by atoms with Crippen molar-refractivity contribution >= 4 is 5.91 Å². The Bertz CT molecular complexity index is 448. The molecule has 4 nitrogen and oxygen atoms in total. The maximum absolute atomic E-state index is 12.3. The first-order chi connectivity index (χ1) is 8.60. The van der Waals surface area contributed by atoms with Crippen molar-refractivity contribution in [3.05, 3.63) is 29.3 Å². The van der Waals surface area contributed by atoms with Crippen LogP contribution < -0.4 is 15.8 Å². The van der Waals surface area contributed by atoms with Gasteiger partial charge in [0.2, 0.25) is 0 Å². The SMILES string of the molecule is COc1ccc(C)cc1C(=O)NC1(CN)CCC1. The van der Waals surface area contributed by atoms with E-state index in [2.05, 4.69) is 5.32 Å². The highest BCUT2D eigenvalue weighted by Crippen LogP contribution is 2.31. The van der Waals surface area contributed by atoms with Gasteiger partial charge >= 0.3 is 0 Å². The summed E-state index contributed by atoms with van der Waals surface area (Å²) in [5.41, 5.74) is 7.17. The fraction of sp³-hybridized carbons (Fsp3) is 0.500. The van der Waals surface area contributed by atoms with E-state index in [1.165, 1.54) is 0 Å². The number of carbonyl (C=O) groups is 1. The Morgan fingerprint density at radius 2 is 2.22 bits per heavy atom. The van der Waals surface area contributed by atoms with Crippen molar-refractivity contribution < 1.29 is 9.53 Å². The number of nitrogens with one attached hydrogen (secondary N) is 1. The van der Waals surface area contributed by atoms with Gasteiger partial charge in [0.15, 0.2) is 0 Å². The molecular formula is C14H20N2O2. The number of carbonyl (C=O) groups excluding carboxylic acids is 1. The van der Waals surface area contributed by atoms with Gasteiger partial charge in [-0.15, -0.1) is 0 Å². The zero-order chi connectivity index (χ0) is 13.2. The van der Waals surface area contributed by atoms with Crippen molar-refractivity contribution in [3.63, 3.8) is 0 Å². The van der Waals surface area contributed by atoms with Gasteiger partial charge in [0.05, 0.1) is 18.2 Å². The third-order valence-electron chi connectivity index (χ3n) is 3.68. The van der Waals surface area contributed by atoms with E-state index < -0.39 is 0 Å². The monoisotopic (exact) mass is 248 g/mol. The van der Waals surface area contributed by atoms with E-state index in [1.54, 1.807) is 7.11 Å². The van der Waals surface area contributed by atoms with E-state index in [1.807, 2.05) is 25.1 Å². The number of hydrogen-bond donors (Lipinski definition) is 2. The average Bonchev–Trinajstić information content (AvgIpc) is 2.33. The number of nitrogens with two attached hydrogens (primary N) is 1. The Balaban J connectivity index is 2.20. The fourth-order valence-electron chi connectivity index (χ4n) is 2.29. The summed E-state index contributed by atoms with van der Waals surface area (Å²) in [6, 6.07) is 5.59. The van der Waals surface area contributed by atoms with Crippen LogP contribution in [0.5, 0.6) is 5.75 Å². The summed E-state index contributed by atoms with van der Waals surface area (Å²) < 4.78 is 5.23. The standard InChI is InChI=1S/C14H20N2O2/c1-10-4-5-12(18-2)11(8-10)13(17)16-14(9-15)6-3-7-14/h4-5,8H,3,6-7,9,15H2,1-2H3,(H,16,17). The lowest BCUT2D eigenvalue weighted by atomic mass is 9.76. The second-order valence-electron chi connectivity index (χ2n) is 5.00. The van der Waals surface area contributed by atoms with Crippen molar-refractivity contribution in [2.24, 2.45) is 5.73 Å². The highest BCUT2D eigenvalue weighted by atomic mass is 16.5. The number of benzene rings is 1. The van der Waals surface area contributed by atoms with E-state index in [-0.39, 0.29) is 11.4 Å². The molecule has 0 atom stereocenters. The highest BCUT2D eigenvalue weighted by molar-refractivity contribution is 5.97. The van der Waals surface area contributed by atoms with E-state index in [0.29, 0.717) is 17.9 Å². The van der Waals surface area contributed by atoms with E-state index in [4.69, 9.17) is 10.5 Å². The molecular weight excluding hydrogens is 228 g/mol. The Hall–Kier alpha value is -1.55. The summed E-state index contributed by atoms with van der Waals surface area (Å²) in [6.07, 6.45) is 3.05. The molecule has 1 amide bonds. The third-order valence-corrected chi connectivity index (χ3v) is 3.68. The summed E-state index contributed by atoms with van der Waals surface area (Å²) in [6.45, 7) is 2.45. The molecule has 98 valence electrons. The molecule has 0 spiro atoms. The van der Waals surface area contributed by atoms with Crippen LogP contribution in [-0.4, -0.2) is 25.1 Å². The van der Waals surface area contributed by atoms with E-state index >= 15 is 0 Å². The lowest BCUT2D eigenvalue weighted by Gasteiger charge is -2.41. The van der Waals surface area contributed by atoms with Crippen molar-refractivity contribution in [1.82, 2.24) is 5.32 Å². The Morgan fingerprint density at radius 1 is 1.50 bits per heavy atom. The molecule has 2 rings (SSSR count). The molecule has 0 heterocycles. The molecule has 0 bridgehead atoms. The molecule has 0 unspecified atom stereocenters. The number of amides is 1. The number of hydrogen-bond acceptors (Lipinski definition) is 3. The second-order valence-corrected chi connectivity index (χ2v) is 5.00. The van der Waals surface area contributed by atoms with Gasteiger partial charge in [0.1, 0.15) is 5.75 Å². The predicted octanol–water partition coefficient (Wildman–Crippen LogP) is 1.61. The van der Waals surface area contributed by atoms with Crippen LogP contribution in [0.15, 0.2) is 18.2 Å². The first-order valence-electron chi connectivity index (χ1n) is 6.27. The summed E-state index contributed by atoms with van der Waals surface area (Å²) >= 11 is 0. The Morgan fingerprint density at radius 3 is 2.72 bits per heavy atom. The summed E-state index contributed by atoms with van der Waals surface area (Å²) in [5.74, 6) is 0.505. The van der Waals surface area contributed by atoms with Crippen LogP contribution in [0.1, 0.15) is 35.2 Å². The molecule has 1 saturated carbocycles. The molecule has 0 radical (unpaired) electrons. The van der Waals surface area contributed by atoms with Crippen LogP contribution in [-0.2, 0) is 0 Å². The van der Waals surface area contributed by atoms with E-state index in [0.717, 1.165) is 24.8 Å². The van der Waals surface area contributed by atoms with Gasteiger partial charge in [-0.1, -0.05) is 11.6 Å². The van der Waals surface area contributed by atoms with Gasteiger partial charge in [-0.05, 0) is 38.3 Å². The largest absolute Gasteiger partial charge is 0.496 e. The third kappa shape index (κ3) is 2.34. The molecule has 3 N–H and O–H groups in total. The lowest BCUT2D eigenvalue weighted by Crippen LogP contribution is -2.58. The molecule has 0 aliphatic heterocycles. The molecule has 0 aromatic heterocycles. The topological polar surface area (TPSA) is 64.3 Å². The number of rotatable bonds is 4. The number of ether oxygens (including phenoxy) is 1. The maximum Gasteiger partial charge on any atom is 0.255 e. The second kappa shape index (κ2) is 4.98. The highest BCUT2D eigenvalue weighted by Gasteiger charge is 2.37. The first kappa shape index (κ1) is 12.9. The van der Waals surface area contributed by atoms with Crippen LogP contribution in [0.4, 0.5) is 0 Å². The van der Waals surface area contributed by atoms with Crippen LogP contribution in [0.2, 0.25) is 0 Å². The zero-order valence-electron chi connectivity index (χ0n) is 11.0. The van der Waals surface area contributed by atoms with Gasteiger partial charge < -0.3 is 15.8 Å². The summed E-state index contributed by atoms with van der Waals surface area (Å²) in [5, 5.41) is 3.05. The molecule has 1 aromatic rings. The molecule has 4 heteroatoms. The lowest BCUT2D eigenvalue weighted by molar-refractivity contribution is 0.0834. The van der Waals surface area contributed by atoms with Gasteiger partial charge in [-0.25, -0.2) is 0 Å². The molecule has 1 fully saturated rings. The van der Waals surface area contributed by atoms with Crippen LogP contribution >= 0.6 is 0 Å². The molecule has 1 aliphatic carbocycles. The fourth-order valence-corrected chi connectivity index (χ4v) is 2.29. The molecule has 1 aliphatic rings. The summed E-state index contributed by atoms with van der Waals surface area (Å²) in [7, 11) is 1.57. The Labute approximate surface area is 108 Å². The van der Waals surface area contributed by atoms with Crippen molar-refractivity contribution in [1.29, 1.82) is 0 Å². The summed E-state index contributed by atoms with van der Waals surface area (Å²) in [4.78, 5) is 12.3. The number of methoxy groups -OCH3 is 1. The number of aryl methyl sites for hydroxylation is 1. The van der Waals surface area contributed by atoms with Gasteiger partial charge in [-0.2, -0.15) is 0 Å². The average molecular weight is 248 g/mol. The van der Waals surface area contributed by atoms with Crippen LogP contribution in [0.3, 0.4) is 0 Å². The van der Waals surface area contributed by atoms with Crippen molar-refractivity contribution in [2.75, 3.05) is 13.7 Å². The van der Waals surface area contributed by atoms with Gasteiger partial charge in [0.25, 0.3) is 5.91 Å². The van der Waals surface area contributed by atoms with Crippen molar-refractivity contribution in [3.8, 4) is 5.75 Å². The minimum atomic E-state index is -0.203. The van der Waals surface area contributed by atoms with Crippen LogP contribution in [0.25, 0.3) is 0 Å². The quantitative estimate of drug-likeness (QED) is 0.851. The molecule has 0 saturated heterocycles.